The zero-order valence-electron chi connectivity index (χ0n) is 10.7. The van der Waals surface area contributed by atoms with Gasteiger partial charge < -0.3 is 4.90 Å². The third kappa shape index (κ3) is 0.920. The van der Waals surface area contributed by atoms with Crippen LogP contribution in [0.4, 0.5) is 0 Å². The van der Waals surface area contributed by atoms with Crippen molar-refractivity contribution in [3.05, 3.63) is 0 Å². The van der Waals surface area contributed by atoms with Gasteiger partial charge in [0.25, 0.3) is 0 Å². The highest BCUT2D eigenvalue weighted by molar-refractivity contribution is 5.57. The standard InChI is InChI=1S/C14H13N5/c1-19-10-2-3-11(19)5-12(4-10)13(6-15,7-16)14(12,8-17)9-18/h10-11H,2-5H2,1H3/t10-,11-/m1/s1. The Kier molecular flexibility index (Phi) is 2.06. The second kappa shape index (κ2) is 3.27. The fourth-order valence-electron chi connectivity index (χ4n) is 4.59. The lowest BCUT2D eigenvalue weighted by Gasteiger charge is -2.37. The molecule has 1 spiro atoms. The SMILES string of the molecule is CN1[C@@H]2CC[C@@H]1CC1(C2)C(C#N)(C#N)C1(C#N)C#N. The van der Waals surface area contributed by atoms with Gasteiger partial charge in [-0.1, -0.05) is 0 Å². The second-order valence-corrected chi connectivity index (χ2v) is 5.99. The minimum atomic E-state index is -1.44. The monoisotopic (exact) mass is 251 g/mol. The lowest BCUT2D eigenvalue weighted by molar-refractivity contribution is 0.104. The van der Waals surface area contributed by atoms with Crippen LogP contribution in [-0.4, -0.2) is 24.0 Å². The van der Waals surface area contributed by atoms with E-state index in [9.17, 15) is 21.0 Å². The number of hydrogen-bond donors (Lipinski definition) is 0. The molecular weight excluding hydrogens is 238 g/mol. The van der Waals surface area contributed by atoms with Gasteiger partial charge in [0.2, 0.25) is 0 Å². The molecule has 2 aliphatic heterocycles. The second-order valence-electron chi connectivity index (χ2n) is 5.99. The average molecular weight is 251 g/mol. The van der Waals surface area contributed by atoms with Crippen molar-refractivity contribution in [1.82, 2.24) is 4.90 Å². The minimum absolute atomic E-state index is 0.295. The van der Waals surface area contributed by atoms with Crippen LogP contribution in [0.15, 0.2) is 0 Å². The Morgan fingerprint density at radius 1 is 0.842 bits per heavy atom. The Hall–Kier alpha value is -2.08. The van der Waals surface area contributed by atoms with Gasteiger partial charge in [-0.3, -0.25) is 0 Å². The molecule has 3 fully saturated rings. The molecule has 0 unspecified atom stereocenters. The number of rotatable bonds is 0. The van der Waals surface area contributed by atoms with Gasteiger partial charge in [-0.2, -0.15) is 21.0 Å². The van der Waals surface area contributed by atoms with E-state index in [2.05, 4.69) is 11.9 Å². The van der Waals surface area contributed by atoms with E-state index in [1.807, 2.05) is 24.3 Å². The predicted molar refractivity (Wildman–Crippen MR) is 63.6 cm³/mol. The number of piperidine rings is 1. The summed E-state index contributed by atoms with van der Waals surface area (Å²) >= 11 is 0. The van der Waals surface area contributed by atoms with Gasteiger partial charge >= 0.3 is 0 Å². The molecular formula is C14H13N5. The van der Waals surface area contributed by atoms with E-state index in [1.54, 1.807) is 0 Å². The van der Waals surface area contributed by atoms with Crippen LogP contribution in [0.1, 0.15) is 25.7 Å². The van der Waals surface area contributed by atoms with Crippen LogP contribution in [-0.2, 0) is 0 Å². The van der Waals surface area contributed by atoms with Crippen molar-refractivity contribution < 1.29 is 0 Å². The smallest absolute Gasteiger partial charge is 0.184 e. The Bertz CT molecular complexity index is 526. The summed E-state index contributed by atoms with van der Waals surface area (Å²) in [5.41, 5.74) is -3.62. The van der Waals surface area contributed by atoms with E-state index in [-0.39, 0.29) is 0 Å². The topological polar surface area (TPSA) is 98.4 Å². The van der Waals surface area contributed by atoms with Crippen molar-refractivity contribution in [2.24, 2.45) is 16.2 Å². The molecule has 2 heterocycles. The first-order chi connectivity index (χ1) is 9.08. The summed E-state index contributed by atoms with van der Waals surface area (Å²) in [6.07, 6.45) is 3.29. The molecule has 1 saturated carbocycles. The molecule has 2 bridgehead atoms. The number of nitriles is 4. The van der Waals surface area contributed by atoms with Crippen molar-refractivity contribution in [2.75, 3.05) is 7.05 Å². The Labute approximate surface area is 112 Å². The van der Waals surface area contributed by atoms with E-state index in [0.29, 0.717) is 24.9 Å². The zero-order chi connectivity index (χ0) is 13.9. The maximum atomic E-state index is 9.44. The van der Waals surface area contributed by atoms with Gasteiger partial charge in [-0.25, -0.2) is 0 Å². The molecule has 0 radical (unpaired) electrons. The van der Waals surface area contributed by atoms with Crippen molar-refractivity contribution in [2.45, 2.75) is 37.8 Å². The molecule has 0 aromatic rings. The molecule has 3 aliphatic rings. The average Bonchev–Trinajstić information content (AvgIpc) is 2.87. The molecule has 0 amide bonds. The van der Waals surface area contributed by atoms with Gasteiger partial charge in [-0.15, -0.1) is 0 Å². The molecule has 0 aromatic carbocycles. The van der Waals surface area contributed by atoms with Gasteiger partial charge in [0, 0.05) is 17.5 Å². The van der Waals surface area contributed by atoms with Crippen molar-refractivity contribution in [3.63, 3.8) is 0 Å². The molecule has 0 aromatic heterocycles. The summed E-state index contributed by atoms with van der Waals surface area (Å²) < 4.78 is 0. The Morgan fingerprint density at radius 3 is 1.53 bits per heavy atom. The van der Waals surface area contributed by atoms with Crippen LogP contribution < -0.4 is 0 Å². The van der Waals surface area contributed by atoms with Gasteiger partial charge in [0.15, 0.2) is 10.8 Å². The van der Waals surface area contributed by atoms with Crippen molar-refractivity contribution in [1.29, 1.82) is 21.0 Å². The minimum Gasteiger partial charge on any atom is -0.300 e. The fourth-order valence-corrected chi connectivity index (χ4v) is 4.59. The summed E-state index contributed by atoms with van der Waals surface area (Å²) in [7, 11) is 2.05. The largest absolute Gasteiger partial charge is 0.300 e. The summed E-state index contributed by atoms with van der Waals surface area (Å²) in [6, 6.07) is 8.65. The molecule has 2 atom stereocenters. The van der Waals surface area contributed by atoms with E-state index in [4.69, 9.17) is 0 Å². The number of nitrogens with zero attached hydrogens (tertiary/aromatic N) is 5. The van der Waals surface area contributed by atoms with Crippen LogP contribution in [0.5, 0.6) is 0 Å². The van der Waals surface area contributed by atoms with Crippen LogP contribution in [0, 0.1) is 61.6 Å². The first-order valence-electron chi connectivity index (χ1n) is 6.45. The first kappa shape index (κ1) is 12.0. The van der Waals surface area contributed by atoms with Gasteiger partial charge in [-0.05, 0) is 32.7 Å². The molecule has 5 nitrogen and oxygen atoms in total. The molecule has 19 heavy (non-hydrogen) atoms. The van der Waals surface area contributed by atoms with Crippen molar-refractivity contribution >= 4 is 0 Å². The third-order valence-corrected chi connectivity index (χ3v) is 5.76. The predicted octanol–water partition coefficient (Wildman–Crippen LogP) is 1.31. The number of fused-ring (bicyclic) bond motifs is 2. The molecule has 94 valence electrons. The van der Waals surface area contributed by atoms with Crippen LogP contribution in [0.25, 0.3) is 0 Å². The molecule has 5 heteroatoms. The molecule has 2 saturated heterocycles. The van der Waals surface area contributed by atoms with E-state index >= 15 is 0 Å². The maximum Gasteiger partial charge on any atom is 0.184 e. The van der Waals surface area contributed by atoms with Crippen molar-refractivity contribution in [3.8, 4) is 24.3 Å². The summed E-state index contributed by atoms with van der Waals surface area (Å²) in [5, 5.41) is 37.8. The first-order valence-corrected chi connectivity index (χ1v) is 6.45. The quantitative estimate of drug-likeness (QED) is 0.646. The van der Waals surface area contributed by atoms with Crippen LogP contribution in [0.2, 0.25) is 0 Å². The van der Waals surface area contributed by atoms with Crippen LogP contribution in [0.3, 0.4) is 0 Å². The molecule has 1 aliphatic carbocycles. The normalized spacial score (nSPS) is 35.6. The Balaban J connectivity index is 2.13. The third-order valence-electron chi connectivity index (χ3n) is 5.76. The Morgan fingerprint density at radius 2 is 1.21 bits per heavy atom. The molecule has 3 rings (SSSR count). The summed E-state index contributed by atoms with van der Waals surface area (Å²) in [4.78, 5) is 2.28. The van der Waals surface area contributed by atoms with Gasteiger partial charge in [0.05, 0.1) is 24.3 Å². The molecule has 0 N–H and O–H groups in total. The van der Waals surface area contributed by atoms with E-state index in [1.165, 1.54) is 0 Å². The highest BCUT2D eigenvalue weighted by Gasteiger charge is 2.92. The highest BCUT2D eigenvalue weighted by atomic mass is 15.2. The maximum absolute atomic E-state index is 9.44. The lowest BCUT2D eigenvalue weighted by Crippen LogP contribution is -2.43. The summed E-state index contributed by atoms with van der Waals surface area (Å²) in [6.45, 7) is 0. The zero-order valence-corrected chi connectivity index (χ0v) is 10.7. The van der Waals surface area contributed by atoms with E-state index in [0.717, 1.165) is 12.8 Å². The fraction of sp³-hybridized carbons (Fsp3) is 0.714. The summed E-state index contributed by atoms with van der Waals surface area (Å²) in [5.74, 6) is 0. The lowest BCUT2D eigenvalue weighted by atomic mass is 9.79. The van der Waals surface area contributed by atoms with Crippen LogP contribution >= 0.6 is 0 Å². The number of hydrogen-bond acceptors (Lipinski definition) is 5. The van der Waals surface area contributed by atoms with E-state index < -0.39 is 16.2 Å². The highest BCUT2D eigenvalue weighted by Crippen LogP contribution is 2.82. The van der Waals surface area contributed by atoms with Gasteiger partial charge in [0.1, 0.15) is 0 Å².